The summed E-state index contributed by atoms with van der Waals surface area (Å²) in [4.78, 5) is 18.1. The van der Waals surface area contributed by atoms with Crippen molar-refractivity contribution < 1.29 is 9.18 Å². The maximum absolute atomic E-state index is 13.1. The van der Waals surface area contributed by atoms with Gasteiger partial charge in [-0.05, 0) is 43.2 Å². The van der Waals surface area contributed by atoms with Crippen molar-refractivity contribution in [1.29, 1.82) is 0 Å². The number of hydrogen-bond acceptors (Lipinski definition) is 2. The van der Waals surface area contributed by atoms with Gasteiger partial charge in [0.25, 0.3) is 0 Å². The van der Waals surface area contributed by atoms with Crippen LogP contribution < -0.4 is 0 Å². The molecule has 0 spiro atoms. The fourth-order valence-electron chi connectivity index (χ4n) is 2.40. The first-order chi connectivity index (χ1) is 9.72. The molecule has 1 amide bonds. The Balaban J connectivity index is 1.80. The average Bonchev–Trinajstić information content (AvgIpc) is 2.99. The topological polar surface area (TPSA) is 33.2 Å². The minimum atomic E-state index is -0.271. The highest BCUT2D eigenvalue weighted by atomic mass is 19.1. The fourth-order valence-corrected chi connectivity index (χ4v) is 2.40. The van der Waals surface area contributed by atoms with Crippen LogP contribution in [0.15, 0.2) is 36.4 Å². The Labute approximate surface area is 116 Å². The van der Waals surface area contributed by atoms with Crippen LogP contribution in [0.2, 0.25) is 0 Å². The molecular formula is C16H15FN2O. The highest BCUT2D eigenvalue weighted by Crippen LogP contribution is 2.15. The molecule has 3 rings (SSSR count). The lowest BCUT2D eigenvalue weighted by Gasteiger charge is -2.11. The van der Waals surface area contributed by atoms with Gasteiger partial charge in [0.05, 0.1) is 11.2 Å². The normalized spacial score (nSPS) is 15.3. The quantitative estimate of drug-likeness (QED) is 0.786. The fraction of sp³-hybridized carbons (Fsp3) is 0.250. The Morgan fingerprint density at radius 1 is 1.20 bits per heavy atom. The summed E-state index contributed by atoms with van der Waals surface area (Å²) in [7, 11) is 0. The first kappa shape index (κ1) is 12.8. The highest BCUT2D eigenvalue weighted by Gasteiger charge is 2.14. The summed E-state index contributed by atoms with van der Waals surface area (Å²) < 4.78 is 13.1. The lowest BCUT2D eigenvalue weighted by Crippen LogP contribution is -2.25. The van der Waals surface area contributed by atoms with Crippen LogP contribution in [0.25, 0.3) is 17.0 Å². The second-order valence-corrected chi connectivity index (χ2v) is 4.94. The molecule has 2 heterocycles. The van der Waals surface area contributed by atoms with Gasteiger partial charge in [-0.25, -0.2) is 9.37 Å². The maximum atomic E-state index is 13.1. The van der Waals surface area contributed by atoms with Crippen LogP contribution in [0.5, 0.6) is 0 Å². The summed E-state index contributed by atoms with van der Waals surface area (Å²) in [5.74, 6) is -0.240. The van der Waals surface area contributed by atoms with E-state index in [1.165, 1.54) is 12.1 Å². The van der Waals surface area contributed by atoms with Crippen molar-refractivity contribution in [3.8, 4) is 0 Å². The van der Waals surface area contributed by atoms with Crippen LogP contribution in [-0.2, 0) is 4.79 Å². The van der Waals surface area contributed by atoms with Gasteiger partial charge in [0.15, 0.2) is 0 Å². The van der Waals surface area contributed by atoms with E-state index in [1.54, 1.807) is 24.3 Å². The Bertz CT molecular complexity index is 675. The Hall–Kier alpha value is -2.23. The molecule has 0 N–H and O–H groups in total. The van der Waals surface area contributed by atoms with Crippen LogP contribution in [0.3, 0.4) is 0 Å². The van der Waals surface area contributed by atoms with Gasteiger partial charge in [-0.1, -0.05) is 6.07 Å². The number of likely N-dealkylation sites (tertiary alicyclic amines) is 1. The number of hydrogen-bond donors (Lipinski definition) is 0. The third kappa shape index (κ3) is 2.69. The minimum absolute atomic E-state index is 0.0310. The molecule has 2 aromatic rings. The van der Waals surface area contributed by atoms with Crippen molar-refractivity contribution in [3.05, 3.63) is 47.9 Å². The molecule has 1 fully saturated rings. The maximum Gasteiger partial charge on any atom is 0.246 e. The number of pyridine rings is 1. The summed E-state index contributed by atoms with van der Waals surface area (Å²) in [6, 6.07) is 8.08. The van der Waals surface area contributed by atoms with Crippen molar-refractivity contribution in [1.82, 2.24) is 9.88 Å². The zero-order chi connectivity index (χ0) is 13.9. The first-order valence-electron chi connectivity index (χ1n) is 6.76. The van der Waals surface area contributed by atoms with E-state index in [9.17, 15) is 9.18 Å². The van der Waals surface area contributed by atoms with Crippen LogP contribution in [0, 0.1) is 5.82 Å². The number of fused-ring (bicyclic) bond motifs is 1. The van der Waals surface area contributed by atoms with Gasteiger partial charge in [0.1, 0.15) is 5.82 Å². The van der Waals surface area contributed by atoms with Crippen LogP contribution in [-0.4, -0.2) is 28.9 Å². The number of rotatable bonds is 2. The third-order valence-electron chi connectivity index (χ3n) is 3.49. The predicted octanol–water partition coefficient (Wildman–Crippen LogP) is 3.01. The molecular weight excluding hydrogens is 255 g/mol. The van der Waals surface area contributed by atoms with Crippen LogP contribution in [0.1, 0.15) is 18.5 Å². The van der Waals surface area contributed by atoms with E-state index < -0.39 is 0 Å². The minimum Gasteiger partial charge on any atom is -0.339 e. The molecule has 1 aliphatic rings. The third-order valence-corrected chi connectivity index (χ3v) is 3.49. The molecule has 1 aromatic heterocycles. The number of carbonyl (C=O) groups is 1. The van der Waals surface area contributed by atoms with Crippen molar-refractivity contribution in [2.24, 2.45) is 0 Å². The smallest absolute Gasteiger partial charge is 0.246 e. The molecule has 0 unspecified atom stereocenters. The zero-order valence-corrected chi connectivity index (χ0v) is 11.1. The Kier molecular flexibility index (Phi) is 3.46. The van der Waals surface area contributed by atoms with E-state index in [1.807, 2.05) is 11.0 Å². The van der Waals surface area contributed by atoms with Gasteiger partial charge in [0, 0.05) is 24.6 Å². The SMILES string of the molecule is O=C(/C=C/c1ccc2cc(F)ccc2n1)N1CCCC1. The van der Waals surface area contributed by atoms with Gasteiger partial charge in [-0.2, -0.15) is 0 Å². The predicted molar refractivity (Wildman–Crippen MR) is 76.5 cm³/mol. The molecule has 0 bridgehead atoms. The first-order valence-corrected chi connectivity index (χ1v) is 6.76. The lowest BCUT2D eigenvalue weighted by atomic mass is 10.2. The molecule has 3 nitrogen and oxygen atoms in total. The van der Waals surface area contributed by atoms with Gasteiger partial charge in [0.2, 0.25) is 5.91 Å². The monoisotopic (exact) mass is 270 g/mol. The van der Waals surface area contributed by atoms with Crippen molar-refractivity contribution >= 4 is 22.9 Å². The summed E-state index contributed by atoms with van der Waals surface area (Å²) >= 11 is 0. The van der Waals surface area contributed by atoms with E-state index in [2.05, 4.69) is 4.98 Å². The lowest BCUT2D eigenvalue weighted by molar-refractivity contribution is -0.124. The average molecular weight is 270 g/mol. The molecule has 1 aromatic carbocycles. The summed E-state index contributed by atoms with van der Waals surface area (Å²) in [6.45, 7) is 1.68. The molecule has 20 heavy (non-hydrogen) atoms. The van der Waals surface area contributed by atoms with Crippen molar-refractivity contribution in [3.63, 3.8) is 0 Å². The number of nitrogens with zero attached hydrogens (tertiary/aromatic N) is 2. The summed E-state index contributed by atoms with van der Waals surface area (Å²) in [6.07, 6.45) is 5.44. The van der Waals surface area contributed by atoms with Gasteiger partial charge in [-0.3, -0.25) is 4.79 Å². The van der Waals surface area contributed by atoms with E-state index >= 15 is 0 Å². The van der Waals surface area contributed by atoms with E-state index in [-0.39, 0.29) is 11.7 Å². The number of benzene rings is 1. The molecule has 4 heteroatoms. The van der Waals surface area contributed by atoms with Crippen LogP contribution in [0.4, 0.5) is 4.39 Å². The largest absolute Gasteiger partial charge is 0.339 e. The number of halogens is 1. The number of aromatic nitrogens is 1. The van der Waals surface area contributed by atoms with Crippen molar-refractivity contribution in [2.45, 2.75) is 12.8 Å². The second kappa shape index (κ2) is 5.41. The molecule has 0 radical (unpaired) electrons. The second-order valence-electron chi connectivity index (χ2n) is 4.94. The summed E-state index contributed by atoms with van der Waals surface area (Å²) in [5.41, 5.74) is 1.43. The van der Waals surface area contributed by atoms with Crippen LogP contribution >= 0.6 is 0 Å². The van der Waals surface area contributed by atoms with E-state index in [0.29, 0.717) is 5.69 Å². The van der Waals surface area contributed by atoms with Gasteiger partial charge >= 0.3 is 0 Å². The number of amides is 1. The molecule has 1 aliphatic heterocycles. The highest BCUT2D eigenvalue weighted by molar-refractivity contribution is 5.92. The van der Waals surface area contributed by atoms with E-state index in [0.717, 1.165) is 36.8 Å². The van der Waals surface area contributed by atoms with E-state index in [4.69, 9.17) is 0 Å². The van der Waals surface area contributed by atoms with Crippen molar-refractivity contribution in [2.75, 3.05) is 13.1 Å². The molecule has 0 saturated carbocycles. The number of carbonyl (C=O) groups excluding carboxylic acids is 1. The van der Waals surface area contributed by atoms with Gasteiger partial charge in [-0.15, -0.1) is 0 Å². The molecule has 0 atom stereocenters. The summed E-state index contributed by atoms with van der Waals surface area (Å²) in [5, 5.41) is 0.757. The molecule has 102 valence electrons. The molecule has 1 saturated heterocycles. The zero-order valence-electron chi connectivity index (χ0n) is 11.1. The standard InChI is InChI=1S/C16H15FN2O/c17-13-4-7-15-12(11-13)3-5-14(18-15)6-8-16(20)19-9-1-2-10-19/h3-8,11H,1-2,9-10H2/b8-6+. The molecule has 0 aliphatic carbocycles. The van der Waals surface area contributed by atoms with Gasteiger partial charge < -0.3 is 4.90 Å². The Morgan fingerprint density at radius 2 is 2.00 bits per heavy atom. The Morgan fingerprint density at radius 3 is 2.80 bits per heavy atom.